The van der Waals surface area contributed by atoms with Gasteiger partial charge in [0.1, 0.15) is 6.07 Å². The van der Waals surface area contributed by atoms with Crippen LogP contribution in [-0.2, 0) is 9.05 Å². The number of rotatable bonds is 2. The Morgan fingerprint density at radius 1 is 1.50 bits per heavy atom. The van der Waals surface area contributed by atoms with Crippen molar-refractivity contribution in [1.29, 1.82) is 5.26 Å². The molecule has 9 heteroatoms. The maximum Gasteiger partial charge on any atom is 0.268 e. The van der Waals surface area contributed by atoms with E-state index in [0.717, 1.165) is 0 Å². The van der Waals surface area contributed by atoms with Crippen molar-refractivity contribution in [3.8, 4) is 6.07 Å². The standard InChI is InChI=1S/C7H3ClF2N2O3S/c8-16(14,15)5-4(6(9)10)3(1-11)2-12-7(5)13/h2,6H,(H,12,13). The SMILES string of the molecule is N#Cc1c[nH]c(=O)c(S(=O)(=O)Cl)c1C(F)F. The molecule has 1 heterocycles. The summed E-state index contributed by atoms with van der Waals surface area (Å²) in [5.41, 5.74) is -3.11. The molecule has 0 amide bonds. The summed E-state index contributed by atoms with van der Waals surface area (Å²) in [6, 6.07) is 1.34. The molecule has 0 bridgehead atoms. The Kier molecular flexibility index (Phi) is 3.30. The highest BCUT2D eigenvalue weighted by Gasteiger charge is 2.28. The monoisotopic (exact) mass is 268 g/mol. The van der Waals surface area contributed by atoms with Gasteiger partial charge in [0.05, 0.1) is 11.1 Å². The molecule has 86 valence electrons. The molecule has 1 N–H and O–H groups in total. The number of alkyl halides is 2. The predicted molar refractivity (Wildman–Crippen MR) is 49.8 cm³/mol. The van der Waals surface area contributed by atoms with Crippen LogP contribution in [0.1, 0.15) is 17.6 Å². The van der Waals surface area contributed by atoms with Crippen LogP contribution in [0.15, 0.2) is 15.9 Å². The quantitative estimate of drug-likeness (QED) is 0.814. The van der Waals surface area contributed by atoms with Crippen molar-refractivity contribution in [1.82, 2.24) is 4.98 Å². The number of halogens is 3. The van der Waals surface area contributed by atoms with E-state index in [1.807, 2.05) is 4.98 Å². The Bertz CT molecular complexity index is 617. The fourth-order valence-electron chi connectivity index (χ4n) is 1.08. The van der Waals surface area contributed by atoms with E-state index in [1.54, 1.807) is 0 Å². The zero-order valence-corrected chi connectivity index (χ0v) is 8.94. The van der Waals surface area contributed by atoms with Crippen LogP contribution in [-0.4, -0.2) is 13.4 Å². The van der Waals surface area contributed by atoms with Gasteiger partial charge in [0, 0.05) is 16.9 Å². The summed E-state index contributed by atoms with van der Waals surface area (Å²) in [4.78, 5) is 11.7. The number of nitrogens with zero attached hydrogens (tertiary/aromatic N) is 1. The molecule has 0 aliphatic carbocycles. The van der Waals surface area contributed by atoms with Gasteiger partial charge in [0.2, 0.25) is 0 Å². The zero-order valence-electron chi connectivity index (χ0n) is 7.37. The third kappa shape index (κ3) is 2.20. The second-order valence-corrected chi connectivity index (χ2v) is 5.13. The van der Waals surface area contributed by atoms with Gasteiger partial charge in [-0.05, 0) is 0 Å². The first-order chi connectivity index (χ1) is 7.29. The first-order valence-corrected chi connectivity index (χ1v) is 5.98. The number of H-pyrrole nitrogens is 1. The molecular formula is C7H3ClF2N2O3S. The molecule has 0 aliphatic rings. The Morgan fingerprint density at radius 2 is 2.06 bits per heavy atom. The molecular weight excluding hydrogens is 266 g/mol. The van der Waals surface area contributed by atoms with E-state index in [9.17, 15) is 22.0 Å². The molecule has 1 aromatic rings. The van der Waals surface area contributed by atoms with Gasteiger partial charge in [-0.3, -0.25) is 4.79 Å². The summed E-state index contributed by atoms with van der Waals surface area (Å²) < 4.78 is 47.0. The zero-order chi connectivity index (χ0) is 12.5. The first-order valence-electron chi connectivity index (χ1n) is 3.67. The summed E-state index contributed by atoms with van der Waals surface area (Å²) in [7, 11) is 0.207. The van der Waals surface area contributed by atoms with E-state index in [2.05, 4.69) is 0 Å². The molecule has 0 aliphatic heterocycles. The number of hydrogen-bond acceptors (Lipinski definition) is 4. The van der Waals surface area contributed by atoms with Crippen molar-refractivity contribution < 1.29 is 17.2 Å². The molecule has 0 fully saturated rings. The van der Waals surface area contributed by atoms with Crippen molar-refractivity contribution >= 4 is 19.7 Å². The molecule has 1 aromatic heterocycles. The first kappa shape index (κ1) is 12.6. The third-order valence-electron chi connectivity index (χ3n) is 1.67. The van der Waals surface area contributed by atoms with Crippen molar-refractivity contribution in [3.63, 3.8) is 0 Å². The molecule has 0 aromatic carbocycles. The van der Waals surface area contributed by atoms with E-state index in [1.165, 1.54) is 6.07 Å². The van der Waals surface area contributed by atoms with Crippen molar-refractivity contribution in [2.75, 3.05) is 0 Å². The molecule has 1 rings (SSSR count). The van der Waals surface area contributed by atoms with Gasteiger partial charge in [0.15, 0.2) is 4.90 Å². The van der Waals surface area contributed by atoms with Crippen LogP contribution in [0.3, 0.4) is 0 Å². The lowest BCUT2D eigenvalue weighted by Gasteiger charge is -2.06. The van der Waals surface area contributed by atoms with Crippen molar-refractivity contribution in [2.45, 2.75) is 11.3 Å². The van der Waals surface area contributed by atoms with Gasteiger partial charge in [-0.1, -0.05) is 0 Å². The van der Waals surface area contributed by atoms with Crippen LogP contribution < -0.4 is 5.56 Å². The lowest BCUT2D eigenvalue weighted by molar-refractivity contribution is 0.147. The molecule has 0 saturated carbocycles. The summed E-state index contributed by atoms with van der Waals surface area (Å²) in [5.74, 6) is 0. The van der Waals surface area contributed by atoms with Crippen LogP contribution in [0.4, 0.5) is 8.78 Å². The minimum atomic E-state index is -4.64. The van der Waals surface area contributed by atoms with Gasteiger partial charge < -0.3 is 4.98 Å². The highest BCUT2D eigenvalue weighted by atomic mass is 35.7. The molecule has 0 saturated heterocycles. The number of nitriles is 1. The van der Waals surface area contributed by atoms with Crippen LogP contribution in [0, 0.1) is 11.3 Å². The van der Waals surface area contributed by atoms with Crippen molar-refractivity contribution in [2.24, 2.45) is 0 Å². The van der Waals surface area contributed by atoms with E-state index in [-0.39, 0.29) is 0 Å². The average molecular weight is 269 g/mol. The largest absolute Gasteiger partial charge is 0.327 e. The fraction of sp³-hybridized carbons (Fsp3) is 0.143. The summed E-state index contributed by atoms with van der Waals surface area (Å²) in [5, 5.41) is 8.51. The number of aromatic amines is 1. The fourth-order valence-corrected chi connectivity index (χ4v) is 2.28. The number of pyridine rings is 1. The van der Waals surface area contributed by atoms with E-state index in [4.69, 9.17) is 15.9 Å². The second kappa shape index (κ2) is 4.19. The molecule has 16 heavy (non-hydrogen) atoms. The van der Waals surface area contributed by atoms with Crippen molar-refractivity contribution in [3.05, 3.63) is 27.7 Å². The minimum Gasteiger partial charge on any atom is -0.327 e. The van der Waals surface area contributed by atoms with Gasteiger partial charge in [-0.15, -0.1) is 0 Å². The summed E-state index contributed by atoms with van der Waals surface area (Å²) in [6.45, 7) is 0. The predicted octanol–water partition coefficient (Wildman–Crippen LogP) is 1.11. The number of hydrogen-bond donors (Lipinski definition) is 1. The lowest BCUT2D eigenvalue weighted by Crippen LogP contribution is -2.18. The van der Waals surface area contributed by atoms with Gasteiger partial charge in [-0.2, -0.15) is 5.26 Å². The van der Waals surface area contributed by atoms with E-state index < -0.39 is 37.1 Å². The van der Waals surface area contributed by atoms with E-state index in [0.29, 0.717) is 6.20 Å². The molecule has 0 spiro atoms. The Morgan fingerprint density at radius 3 is 2.44 bits per heavy atom. The topological polar surface area (TPSA) is 90.8 Å². The molecule has 5 nitrogen and oxygen atoms in total. The number of nitrogens with one attached hydrogen (secondary N) is 1. The van der Waals surface area contributed by atoms with Gasteiger partial charge in [0.25, 0.3) is 21.0 Å². The molecule has 0 unspecified atom stereocenters. The molecule has 0 atom stereocenters. The van der Waals surface area contributed by atoms with Gasteiger partial charge >= 0.3 is 0 Å². The van der Waals surface area contributed by atoms with Gasteiger partial charge in [-0.25, -0.2) is 17.2 Å². The maximum atomic E-state index is 12.6. The lowest BCUT2D eigenvalue weighted by atomic mass is 10.1. The summed E-state index contributed by atoms with van der Waals surface area (Å²) in [6.07, 6.45) is -2.59. The van der Waals surface area contributed by atoms with Crippen LogP contribution in [0.5, 0.6) is 0 Å². The van der Waals surface area contributed by atoms with E-state index >= 15 is 0 Å². The van der Waals surface area contributed by atoms with Crippen LogP contribution >= 0.6 is 10.7 Å². The van der Waals surface area contributed by atoms with Crippen LogP contribution in [0.2, 0.25) is 0 Å². The highest BCUT2D eigenvalue weighted by molar-refractivity contribution is 8.13. The normalized spacial score (nSPS) is 11.4. The second-order valence-electron chi connectivity index (χ2n) is 2.62. The average Bonchev–Trinajstić information content (AvgIpc) is 2.15. The Balaban J connectivity index is 3.86. The Hall–Kier alpha value is -1.46. The summed E-state index contributed by atoms with van der Waals surface area (Å²) >= 11 is 0. The number of aromatic nitrogens is 1. The van der Waals surface area contributed by atoms with Crippen LogP contribution in [0.25, 0.3) is 0 Å². The Labute approximate surface area is 92.7 Å². The third-order valence-corrected chi connectivity index (χ3v) is 3.03. The highest BCUT2D eigenvalue weighted by Crippen LogP contribution is 2.28. The molecule has 0 radical (unpaired) electrons. The smallest absolute Gasteiger partial charge is 0.268 e. The maximum absolute atomic E-state index is 12.6. The minimum absolute atomic E-state index is 0.645.